The number of aromatic nitrogens is 2. The number of benzene rings is 1. The number of hydrogen-bond donors (Lipinski definition) is 2. The fraction of sp³-hybridized carbons (Fsp3) is 0.412. The molecular formula is C17H26IN5. The molecule has 6 heteroatoms. The van der Waals surface area contributed by atoms with Gasteiger partial charge >= 0.3 is 0 Å². The molecule has 0 aliphatic rings. The number of guanidine groups is 1. The predicted octanol–water partition coefficient (Wildman–Crippen LogP) is 3.20. The van der Waals surface area contributed by atoms with Crippen molar-refractivity contribution in [3.05, 3.63) is 48.5 Å². The van der Waals surface area contributed by atoms with Crippen molar-refractivity contribution in [3.63, 3.8) is 0 Å². The highest BCUT2D eigenvalue weighted by Crippen LogP contribution is 2.14. The van der Waals surface area contributed by atoms with Gasteiger partial charge in [0.15, 0.2) is 5.96 Å². The van der Waals surface area contributed by atoms with E-state index in [1.54, 1.807) is 6.20 Å². The highest BCUT2D eigenvalue weighted by molar-refractivity contribution is 14.0. The number of nitrogens with zero attached hydrogens (tertiary/aromatic N) is 3. The molecule has 1 heterocycles. The quantitative estimate of drug-likeness (QED) is 0.423. The molecule has 0 spiro atoms. The van der Waals surface area contributed by atoms with Gasteiger partial charge in [-0.2, -0.15) is 0 Å². The van der Waals surface area contributed by atoms with Crippen molar-refractivity contribution in [3.8, 4) is 5.69 Å². The highest BCUT2D eigenvalue weighted by Gasteiger charge is 2.04. The van der Waals surface area contributed by atoms with Gasteiger partial charge in [-0.15, -0.1) is 24.0 Å². The average molecular weight is 427 g/mol. The van der Waals surface area contributed by atoms with E-state index in [-0.39, 0.29) is 24.0 Å². The molecule has 0 bridgehead atoms. The summed E-state index contributed by atoms with van der Waals surface area (Å²) >= 11 is 0. The minimum atomic E-state index is 0. The van der Waals surface area contributed by atoms with E-state index in [2.05, 4.69) is 53.5 Å². The molecule has 126 valence electrons. The number of aliphatic imine (C=N–C) groups is 1. The summed E-state index contributed by atoms with van der Waals surface area (Å²) < 4.78 is 2.01. The predicted molar refractivity (Wildman–Crippen MR) is 107 cm³/mol. The number of halogens is 1. The first kappa shape index (κ1) is 19.5. The van der Waals surface area contributed by atoms with Crippen molar-refractivity contribution in [1.82, 2.24) is 20.2 Å². The molecule has 23 heavy (non-hydrogen) atoms. The van der Waals surface area contributed by atoms with E-state index in [0.29, 0.717) is 12.5 Å². The molecule has 2 aromatic rings. The number of imidazole rings is 1. The maximum atomic E-state index is 4.69. The van der Waals surface area contributed by atoms with Gasteiger partial charge in [0.2, 0.25) is 0 Å². The fourth-order valence-electron chi connectivity index (χ4n) is 2.10. The lowest BCUT2D eigenvalue weighted by Gasteiger charge is -2.14. The molecule has 0 unspecified atom stereocenters. The molecule has 1 aromatic carbocycles. The minimum absolute atomic E-state index is 0. The van der Waals surface area contributed by atoms with Gasteiger partial charge in [0, 0.05) is 25.5 Å². The third kappa shape index (κ3) is 6.21. The second-order valence-corrected chi connectivity index (χ2v) is 5.57. The molecule has 0 aliphatic carbocycles. The molecule has 0 saturated heterocycles. The summed E-state index contributed by atoms with van der Waals surface area (Å²) in [5.74, 6) is 1.44. The smallest absolute Gasteiger partial charge is 0.191 e. The third-order valence-electron chi connectivity index (χ3n) is 3.20. The Morgan fingerprint density at radius 1 is 1.26 bits per heavy atom. The third-order valence-corrected chi connectivity index (χ3v) is 3.20. The SMILES string of the molecule is CCNC(=NCc1ccccc1-n1ccnc1)NCC(C)C.I. The van der Waals surface area contributed by atoms with Gasteiger partial charge < -0.3 is 15.2 Å². The maximum absolute atomic E-state index is 4.69. The number of para-hydroxylation sites is 1. The average Bonchev–Trinajstić information content (AvgIpc) is 3.04. The number of nitrogens with one attached hydrogen (secondary N) is 2. The fourth-order valence-corrected chi connectivity index (χ4v) is 2.10. The molecule has 1 aromatic heterocycles. The Morgan fingerprint density at radius 3 is 2.70 bits per heavy atom. The van der Waals surface area contributed by atoms with E-state index in [1.807, 2.05) is 29.2 Å². The zero-order valence-electron chi connectivity index (χ0n) is 14.0. The summed E-state index contributed by atoms with van der Waals surface area (Å²) in [6.07, 6.45) is 5.55. The molecular weight excluding hydrogens is 401 g/mol. The van der Waals surface area contributed by atoms with Gasteiger partial charge in [-0.25, -0.2) is 9.98 Å². The lowest BCUT2D eigenvalue weighted by Crippen LogP contribution is -2.39. The normalized spacial score (nSPS) is 11.2. The standard InChI is InChI=1S/C17H25N5.HI/c1-4-19-17(20-11-14(2)3)21-12-15-7-5-6-8-16(15)22-10-9-18-13-22;/h5-10,13-14H,4,11-12H2,1-3H3,(H2,19,20,21);1H. The van der Waals surface area contributed by atoms with Crippen molar-refractivity contribution < 1.29 is 0 Å². The second-order valence-electron chi connectivity index (χ2n) is 5.57. The summed E-state index contributed by atoms with van der Waals surface area (Å²) in [5.41, 5.74) is 2.28. The van der Waals surface area contributed by atoms with Crippen molar-refractivity contribution in [2.75, 3.05) is 13.1 Å². The van der Waals surface area contributed by atoms with Crippen molar-refractivity contribution >= 4 is 29.9 Å². The lowest BCUT2D eigenvalue weighted by atomic mass is 10.2. The van der Waals surface area contributed by atoms with Crippen molar-refractivity contribution in [1.29, 1.82) is 0 Å². The van der Waals surface area contributed by atoms with E-state index in [9.17, 15) is 0 Å². The van der Waals surface area contributed by atoms with E-state index < -0.39 is 0 Å². The summed E-state index contributed by atoms with van der Waals surface area (Å²) in [6.45, 7) is 8.84. The highest BCUT2D eigenvalue weighted by atomic mass is 127. The first-order valence-electron chi connectivity index (χ1n) is 7.79. The van der Waals surface area contributed by atoms with Gasteiger partial charge in [0.25, 0.3) is 0 Å². The summed E-state index contributed by atoms with van der Waals surface area (Å²) in [4.78, 5) is 8.80. The zero-order chi connectivity index (χ0) is 15.8. The summed E-state index contributed by atoms with van der Waals surface area (Å²) in [5, 5.41) is 6.65. The molecule has 0 radical (unpaired) electrons. The van der Waals surface area contributed by atoms with E-state index in [4.69, 9.17) is 0 Å². The molecule has 5 nitrogen and oxygen atoms in total. The van der Waals surface area contributed by atoms with Crippen molar-refractivity contribution in [2.24, 2.45) is 10.9 Å². The van der Waals surface area contributed by atoms with Crippen LogP contribution in [0.15, 0.2) is 48.0 Å². The van der Waals surface area contributed by atoms with E-state index >= 15 is 0 Å². The topological polar surface area (TPSA) is 54.2 Å². The van der Waals surface area contributed by atoms with E-state index in [1.165, 1.54) is 5.56 Å². The monoisotopic (exact) mass is 427 g/mol. The molecule has 0 fully saturated rings. The zero-order valence-corrected chi connectivity index (χ0v) is 16.3. The van der Waals surface area contributed by atoms with Crippen LogP contribution in [-0.2, 0) is 6.54 Å². The lowest BCUT2D eigenvalue weighted by molar-refractivity contribution is 0.615. The minimum Gasteiger partial charge on any atom is -0.357 e. The first-order chi connectivity index (χ1) is 10.7. The van der Waals surface area contributed by atoms with Gasteiger partial charge in [-0.05, 0) is 24.5 Å². The maximum Gasteiger partial charge on any atom is 0.191 e. The molecule has 2 rings (SSSR count). The van der Waals surface area contributed by atoms with Gasteiger partial charge in [-0.3, -0.25) is 0 Å². The Kier molecular flexibility index (Phi) is 8.68. The Bertz CT molecular complexity index is 593. The Hall–Kier alpha value is -1.57. The van der Waals surface area contributed by atoms with Crippen molar-refractivity contribution in [2.45, 2.75) is 27.3 Å². The molecule has 0 saturated carbocycles. The number of rotatable bonds is 6. The Balaban J connectivity index is 0.00000264. The van der Waals surface area contributed by atoms with Crippen LogP contribution in [0, 0.1) is 5.92 Å². The second kappa shape index (κ2) is 10.3. The Labute approximate surface area is 155 Å². The van der Waals surface area contributed by atoms with Crippen LogP contribution in [0.1, 0.15) is 26.3 Å². The largest absolute Gasteiger partial charge is 0.357 e. The molecule has 0 atom stereocenters. The van der Waals surface area contributed by atoms with Crippen LogP contribution >= 0.6 is 24.0 Å². The number of hydrogen-bond acceptors (Lipinski definition) is 2. The van der Waals surface area contributed by atoms with Crippen LogP contribution in [0.25, 0.3) is 5.69 Å². The molecule has 0 aliphatic heterocycles. The van der Waals surface area contributed by atoms with Gasteiger partial charge in [0.05, 0.1) is 18.6 Å². The summed E-state index contributed by atoms with van der Waals surface area (Å²) in [6, 6.07) is 8.26. The van der Waals surface area contributed by atoms with Crippen LogP contribution in [0.2, 0.25) is 0 Å². The van der Waals surface area contributed by atoms with Gasteiger partial charge in [-0.1, -0.05) is 32.0 Å². The summed E-state index contributed by atoms with van der Waals surface area (Å²) in [7, 11) is 0. The molecule has 0 amide bonds. The van der Waals surface area contributed by atoms with Gasteiger partial charge in [0.1, 0.15) is 0 Å². The van der Waals surface area contributed by atoms with Crippen LogP contribution in [-0.4, -0.2) is 28.6 Å². The van der Waals surface area contributed by atoms with Crippen LogP contribution < -0.4 is 10.6 Å². The molecule has 2 N–H and O–H groups in total. The van der Waals surface area contributed by atoms with Crippen LogP contribution in [0.5, 0.6) is 0 Å². The van der Waals surface area contributed by atoms with Crippen LogP contribution in [0.4, 0.5) is 0 Å². The Morgan fingerprint density at radius 2 is 2.04 bits per heavy atom. The first-order valence-corrected chi connectivity index (χ1v) is 7.79. The van der Waals surface area contributed by atoms with Crippen LogP contribution in [0.3, 0.4) is 0 Å². The van der Waals surface area contributed by atoms with E-state index in [0.717, 1.165) is 24.7 Å².